The molecule has 2 rings (SSSR count). The molecule has 0 bridgehead atoms. The van der Waals surface area contributed by atoms with Gasteiger partial charge < -0.3 is 10.4 Å². The number of aromatic hydroxyl groups is 1. The van der Waals surface area contributed by atoms with Gasteiger partial charge in [0.15, 0.2) is 0 Å². The van der Waals surface area contributed by atoms with Gasteiger partial charge in [-0.2, -0.15) is 0 Å². The lowest BCUT2D eigenvalue weighted by atomic mass is 10.1. The molecule has 2 nitrogen and oxygen atoms in total. The molecule has 2 heteroatoms. The molecule has 2 N–H and O–H groups in total. The van der Waals surface area contributed by atoms with Crippen molar-refractivity contribution in [1.82, 2.24) is 5.32 Å². The quantitative estimate of drug-likeness (QED) is 0.816. The maximum absolute atomic E-state index is 9.68. The minimum absolute atomic E-state index is 0.432. The van der Waals surface area contributed by atoms with Gasteiger partial charge >= 0.3 is 0 Å². The van der Waals surface area contributed by atoms with Crippen LogP contribution < -0.4 is 5.32 Å². The molecule has 1 aliphatic carbocycles. The van der Waals surface area contributed by atoms with Gasteiger partial charge in [-0.15, -0.1) is 0 Å². The van der Waals surface area contributed by atoms with E-state index in [1.165, 1.54) is 18.4 Å². The highest BCUT2D eigenvalue weighted by molar-refractivity contribution is 5.42. The lowest BCUT2D eigenvalue weighted by Crippen LogP contribution is -2.17. The van der Waals surface area contributed by atoms with Crippen molar-refractivity contribution in [2.75, 3.05) is 0 Å². The summed E-state index contributed by atoms with van der Waals surface area (Å²) in [5, 5.41) is 13.2. The van der Waals surface area contributed by atoms with E-state index in [1.54, 1.807) is 0 Å². The van der Waals surface area contributed by atoms with E-state index >= 15 is 0 Å². The third-order valence-corrected chi connectivity index (χ3v) is 3.57. The molecule has 1 fully saturated rings. The van der Waals surface area contributed by atoms with Crippen molar-refractivity contribution in [3.63, 3.8) is 0 Å². The van der Waals surface area contributed by atoms with E-state index < -0.39 is 0 Å². The summed E-state index contributed by atoms with van der Waals surface area (Å²) < 4.78 is 0. The summed E-state index contributed by atoms with van der Waals surface area (Å²) in [5.74, 6) is 1.32. The van der Waals surface area contributed by atoms with Crippen molar-refractivity contribution in [2.24, 2.45) is 5.92 Å². The topological polar surface area (TPSA) is 32.3 Å². The molecule has 1 aliphatic rings. The minimum Gasteiger partial charge on any atom is -0.507 e. The molecule has 1 aromatic carbocycles. The fourth-order valence-corrected chi connectivity index (χ4v) is 2.35. The van der Waals surface area contributed by atoms with E-state index in [-0.39, 0.29) is 0 Å². The standard InChI is InChI=1S/C14H21NO/c1-4-12-7-13(12)15-8-11-5-9(2)14(16)10(3)6-11/h5-6,12-13,15-16H,4,7-8H2,1-3H3. The van der Waals surface area contributed by atoms with Crippen molar-refractivity contribution < 1.29 is 5.11 Å². The van der Waals surface area contributed by atoms with Crippen molar-refractivity contribution in [2.45, 2.75) is 46.2 Å². The van der Waals surface area contributed by atoms with Gasteiger partial charge in [0.25, 0.3) is 0 Å². The predicted molar refractivity (Wildman–Crippen MR) is 66.6 cm³/mol. The predicted octanol–water partition coefficient (Wildman–Crippen LogP) is 2.90. The van der Waals surface area contributed by atoms with Crippen molar-refractivity contribution in [3.8, 4) is 5.75 Å². The first-order valence-corrected chi connectivity index (χ1v) is 6.14. The molecule has 0 aromatic heterocycles. The number of aryl methyl sites for hydroxylation is 2. The number of benzene rings is 1. The number of phenols is 1. The summed E-state index contributed by atoms with van der Waals surface area (Å²) in [7, 11) is 0. The largest absolute Gasteiger partial charge is 0.507 e. The van der Waals surface area contributed by atoms with E-state index in [0.717, 1.165) is 29.6 Å². The Morgan fingerprint density at radius 1 is 1.31 bits per heavy atom. The van der Waals surface area contributed by atoms with Gasteiger partial charge in [-0.25, -0.2) is 0 Å². The fourth-order valence-electron chi connectivity index (χ4n) is 2.35. The molecule has 16 heavy (non-hydrogen) atoms. The summed E-state index contributed by atoms with van der Waals surface area (Å²) in [6, 6.07) is 4.86. The van der Waals surface area contributed by atoms with Gasteiger partial charge in [0.1, 0.15) is 5.75 Å². The van der Waals surface area contributed by atoms with Crippen LogP contribution in [0.4, 0.5) is 0 Å². The number of phenolic OH excluding ortho intramolecular Hbond substituents is 1. The van der Waals surface area contributed by atoms with Gasteiger partial charge in [0.2, 0.25) is 0 Å². The Morgan fingerprint density at radius 3 is 2.44 bits per heavy atom. The first-order chi connectivity index (χ1) is 7.61. The molecule has 0 spiro atoms. The summed E-state index contributed by atoms with van der Waals surface area (Å²) in [4.78, 5) is 0. The summed E-state index contributed by atoms with van der Waals surface area (Å²) >= 11 is 0. The second-order valence-electron chi connectivity index (χ2n) is 4.97. The highest BCUT2D eigenvalue weighted by Gasteiger charge is 2.34. The second kappa shape index (κ2) is 4.46. The van der Waals surface area contributed by atoms with Crippen LogP contribution in [-0.4, -0.2) is 11.1 Å². The Morgan fingerprint density at radius 2 is 1.94 bits per heavy atom. The first kappa shape index (κ1) is 11.5. The SMILES string of the molecule is CCC1CC1NCc1cc(C)c(O)c(C)c1. The molecule has 0 radical (unpaired) electrons. The Bertz CT molecular complexity index is 363. The van der Waals surface area contributed by atoms with E-state index in [4.69, 9.17) is 0 Å². The summed E-state index contributed by atoms with van der Waals surface area (Å²) in [6.07, 6.45) is 2.61. The van der Waals surface area contributed by atoms with Crippen LogP contribution in [0.5, 0.6) is 5.75 Å². The molecule has 0 amide bonds. The van der Waals surface area contributed by atoms with Crippen molar-refractivity contribution >= 4 is 0 Å². The number of rotatable bonds is 4. The van der Waals surface area contributed by atoms with Gasteiger partial charge in [-0.3, -0.25) is 0 Å². The first-order valence-electron chi connectivity index (χ1n) is 6.14. The van der Waals surface area contributed by atoms with Crippen LogP contribution in [0.25, 0.3) is 0 Å². The molecular formula is C14H21NO. The molecular weight excluding hydrogens is 198 g/mol. The van der Waals surface area contributed by atoms with Crippen LogP contribution in [0.1, 0.15) is 36.5 Å². The Balaban J connectivity index is 1.95. The van der Waals surface area contributed by atoms with Crippen LogP contribution >= 0.6 is 0 Å². The third kappa shape index (κ3) is 2.38. The zero-order valence-electron chi connectivity index (χ0n) is 10.4. The van der Waals surface area contributed by atoms with Gasteiger partial charge in [-0.1, -0.05) is 25.5 Å². The average Bonchev–Trinajstić information content (AvgIpc) is 3.01. The van der Waals surface area contributed by atoms with Crippen molar-refractivity contribution in [3.05, 3.63) is 28.8 Å². The van der Waals surface area contributed by atoms with Crippen LogP contribution in [0, 0.1) is 19.8 Å². The second-order valence-corrected chi connectivity index (χ2v) is 4.97. The summed E-state index contributed by atoms with van der Waals surface area (Å²) in [6.45, 7) is 7.08. The molecule has 2 atom stereocenters. The monoisotopic (exact) mass is 219 g/mol. The van der Waals surface area contributed by atoms with E-state index in [2.05, 4.69) is 24.4 Å². The normalized spacial score (nSPS) is 23.4. The van der Waals surface area contributed by atoms with E-state index in [0.29, 0.717) is 5.75 Å². The van der Waals surface area contributed by atoms with Crippen LogP contribution in [0.15, 0.2) is 12.1 Å². The van der Waals surface area contributed by atoms with Crippen LogP contribution in [0.2, 0.25) is 0 Å². The zero-order valence-corrected chi connectivity index (χ0v) is 10.4. The van der Waals surface area contributed by atoms with Crippen LogP contribution in [-0.2, 0) is 6.54 Å². The minimum atomic E-state index is 0.432. The maximum atomic E-state index is 9.68. The highest BCUT2D eigenvalue weighted by atomic mass is 16.3. The fraction of sp³-hybridized carbons (Fsp3) is 0.571. The molecule has 0 saturated heterocycles. The maximum Gasteiger partial charge on any atom is 0.121 e. The van der Waals surface area contributed by atoms with Gasteiger partial charge in [0.05, 0.1) is 0 Å². The summed E-state index contributed by atoms with van der Waals surface area (Å²) in [5.41, 5.74) is 3.22. The smallest absolute Gasteiger partial charge is 0.121 e. The molecule has 1 saturated carbocycles. The number of nitrogens with one attached hydrogen (secondary N) is 1. The molecule has 88 valence electrons. The Labute approximate surface area is 97.7 Å². The third-order valence-electron chi connectivity index (χ3n) is 3.57. The van der Waals surface area contributed by atoms with Crippen LogP contribution in [0.3, 0.4) is 0 Å². The number of hydrogen-bond donors (Lipinski definition) is 2. The van der Waals surface area contributed by atoms with Gasteiger partial charge in [-0.05, 0) is 42.9 Å². The van der Waals surface area contributed by atoms with E-state index in [1.807, 2.05) is 13.8 Å². The zero-order chi connectivity index (χ0) is 11.7. The molecule has 2 unspecified atom stereocenters. The lowest BCUT2D eigenvalue weighted by Gasteiger charge is -2.09. The van der Waals surface area contributed by atoms with E-state index in [9.17, 15) is 5.11 Å². The Kier molecular flexibility index (Phi) is 3.20. The lowest BCUT2D eigenvalue weighted by molar-refractivity contribution is 0.466. The average molecular weight is 219 g/mol. The van der Waals surface area contributed by atoms with Crippen molar-refractivity contribution in [1.29, 1.82) is 0 Å². The molecule has 0 aliphatic heterocycles. The molecule has 1 aromatic rings. The van der Waals surface area contributed by atoms with Gasteiger partial charge in [0, 0.05) is 12.6 Å². The molecule has 0 heterocycles. The highest BCUT2D eigenvalue weighted by Crippen LogP contribution is 2.33. The Hall–Kier alpha value is -1.02. The number of hydrogen-bond acceptors (Lipinski definition) is 2.